The number of aryl methyl sites for hydroxylation is 2. The fourth-order valence-electron chi connectivity index (χ4n) is 2.15. The van der Waals surface area contributed by atoms with Crippen LogP contribution in [0.2, 0.25) is 0 Å². The van der Waals surface area contributed by atoms with E-state index in [-0.39, 0.29) is 0 Å². The molecule has 0 aromatic heterocycles. The molecule has 1 aromatic carbocycles. The van der Waals surface area contributed by atoms with Gasteiger partial charge in [-0.05, 0) is 42.9 Å². The highest BCUT2D eigenvalue weighted by Gasteiger charge is 2.25. The zero-order valence-corrected chi connectivity index (χ0v) is 11.2. The summed E-state index contributed by atoms with van der Waals surface area (Å²) in [6.45, 7) is 6.77. The highest BCUT2D eigenvalue weighted by atomic mass is 79.9. The first-order valence-corrected chi connectivity index (χ1v) is 6.80. The number of benzene rings is 1. The zero-order chi connectivity index (χ0) is 10.3. The van der Waals surface area contributed by atoms with Crippen LogP contribution in [0.3, 0.4) is 0 Å². The van der Waals surface area contributed by atoms with Crippen LogP contribution in [0.4, 0.5) is 0 Å². The van der Waals surface area contributed by atoms with Crippen LogP contribution in [0.25, 0.3) is 0 Å². The summed E-state index contributed by atoms with van der Waals surface area (Å²) in [7, 11) is 0. The van der Waals surface area contributed by atoms with Crippen LogP contribution >= 0.6 is 27.7 Å². The minimum Gasteiger partial charge on any atom is -0.111 e. The van der Waals surface area contributed by atoms with Crippen molar-refractivity contribution < 1.29 is 0 Å². The lowest BCUT2D eigenvalue weighted by Gasteiger charge is -2.28. The minimum atomic E-state index is 0.588. The van der Waals surface area contributed by atoms with Crippen LogP contribution in [-0.2, 0) is 0 Å². The lowest BCUT2D eigenvalue weighted by Crippen LogP contribution is -2.11. The van der Waals surface area contributed by atoms with Crippen molar-refractivity contribution in [3.05, 3.63) is 28.8 Å². The largest absolute Gasteiger partial charge is 0.111 e. The van der Waals surface area contributed by atoms with Crippen molar-refractivity contribution in [2.75, 3.05) is 0 Å². The summed E-state index contributed by atoms with van der Waals surface area (Å²) in [5.41, 5.74) is 4.45. The van der Waals surface area contributed by atoms with Gasteiger partial charge in [-0.15, -0.1) is 11.8 Å². The van der Waals surface area contributed by atoms with Gasteiger partial charge in [0.25, 0.3) is 0 Å². The van der Waals surface area contributed by atoms with E-state index in [0.717, 1.165) is 0 Å². The maximum absolute atomic E-state index is 3.72. The number of thioether (sulfide) groups is 1. The van der Waals surface area contributed by atoms with Crippen LogP contribution in [-0.4, -0.2) is 4.16 Å². The molecular weight excluding hydrogens is 256 g/mol. The molecule has 0 saturated heterocycles. The van der Waals surface area contributed by atoms with Crippen molar-refractivity contribution in [2.45, 2.75) is 42.2 Å². The summed E-state index contributed by atoms with van der Waals surface area (Å²) in [6.07, 6.45) is 1.24. The third-order valence-electron chi connectivity index (χ3n) is 2.89. The lowest BCUT2D eigenvalue weighted by molar-refractivity contribution is 0.693. The van der Waals surface area contributed by atoms with Gasteiger partial charge in [-0.3, -0.25) is 0 Å². The summed E-state index contributed by atoms with van der Waals surface area (Å²) in [4.78, 5) is 1.51. The fourth-order valence-corrected chi connectivity index (χ4v) is 4.65. The average molecular weight is 271 g/mol. The molecular formula is C12H15BrS. The van der Waals surface area contributed by atoms with E-state index in [1.54, 1.807) is 5.56 Å². The maximum atomic E-state index is 3.72. The molecule has 0 spiro atoms. The van der Waals surface area contributed by atoms with Gasteiger partial charge in [0.15, 0.2) is 0 Å². The molecule has 1 heterocycles. The summed E-state index contributed by atoms with van der Waals surface area (Å²) in [5, 5.41) is 0. The van der Waals surface area contributed by atoms with Crippen molar-refractivity contribution in [2.24, 2.45) is 0 Å². The molecule has 0 saturated carbocycles. The van der Waals surface area contributed by atoms with Crippen LogP contribution in [0, 0.1) is 13.8 Å². The summed E-state index contributed by atoms with van der Waals surface area (Å²) in [5.74, 6) is 0.690. The molecule has 0 bridgehead atoms. The number of hydrogen-bond donors (Lipinski definition) is 0. The highest BCUT2D eigenvalue weighted by molar-refractivity contribution is 9.11. The van der Waals surface area contributed by atoms with Gasteiger partial charge >= 0.3 is 0 Å². The molecule has 1 aliphatic rings. The minimum absolute atomic E-state index is 0.588. The Hall–Kier alpha value is 0.0500. The van der Waals surface area contributed by atoms with Crippen molar-refractivity contribution in [3.63, 3.8) is 0 Å². The average Bonchev–Trinajstić information content (AvgIpc) is 2.10. The molecule has 14 heavy (non-hydrogen) atoms. The molecule has 1 aliphatic heterocycles. The highest BCUT2D eigenvalue weighted by Crippen LogP contribution is 2.46. The molecule has 2 atom stereocenters. The van der Waals surface area contributed by atoms with Gasteiger partial charge in [0, 0.05) is 4.90 Å². The Balaban J connectivity index is 2.57. The van der Waals surface area contributed by atoms with Gasteiger partial charge in [0.05, 0.1) is 4.16 Å². The van der Waals surface area contributed by atoms with Crippen molar-refractivity contribution in [1.29, 1.82) is 0 Å². The van der Waals surface area contributed by atoms with Gasteiger partial charge in [0.2, 0.25) is 0 Å². The Morgan fingerprint density at radius 1 is 1.29 bits per heavy atom. The molecule has 1 aromatic rings. The molecule has 0 amide bonds. The molecule has 0 aliphatic carbocycles. The normalized spacial score (nSPS) is 26.0. The topological polar surface area (TPSA) is 0 Å². The van der Waals surface area contributed by atoms with E-state index < -0.39 is 0 Å². The monoisotopic (exact) mass is 270 g/mol. The standard InChI is InChI=1S/C12H15BrS/c1-7-4-5-8(2)12-11(7)9(3)6-10(13)14-12/h4-5,9-10H,6H2,1-3H3. The van der Waals surface area contributed by atoms with Crippen molar-refractivity contribution in [3.8, 4) is 0 Å². The summed E-state index contributed by atoms with van der Waals surface area (Å²) in [6, 6.07) is 4.48. The van der Waals surface area contributed by atoms with Crippen molar-refractivity contribution in [1.82, 2.24) is 0 Å². The number of alkyl halides is 1. The molecule has 76 valence electrons. The number of hydrogen-bond acceptors (Lipinski definition) is 1. The molecule has 0 radical (unpaired) electrons. The number of halogens is 1. The Bertz CT molecular complexity index is 360. The first-order chi connectivity index (χ1) is 6.59. The Kier molecular flexibility index (Phi) is 2.94. The summed E-state index contributed by atoms with van der Waals surface area (Å²) < 4.78 is 0.588. The SMILES string of the molecule is Cc1ccc(C)c2c1SC(Br)CC2C. The van der Waals surface area contributed by atoms with E-state index in [0.29, 0.717) is 10.1 Å². The number of rotatable bonds is 0. The van der Waals surface area contributed by atoms with Gasteiger partial charge in [-0.25, -0.2) is 0 Å². The Labute approximate surface area is 98.6 Å². The molecule has 0 N–H and O–H groups in total. The molecule has 0 fully saturated rings. The van der Waals surface area contributed by atoms with Crippen LogP contribution in [0.5, 0.6) is 0 Å². The smallest absolute Gasteiger partial charge is 0.0653 e. The van der Waals surface area contributed by atoms with E-state index in [2.05, 4.69) is 48.8 Å². The van der Waals surface area contributed by atoms with Gasteiger partial charge < -0.3 is 0 Å². The predicted molar refractivity (Wildman–Crippen MR) is 67.5 cm³/mol. The predicted octanol–water partition coefficient (Wildman–Crippen LogP) is 4.62. The molecule has 2 rings (SSSR count). The van der Waals surface area contributed by atoms with E-state index in [1.165, 1.54) is 22.4 Å². The van der Waals surface area contributed by atoms with Gasteiger partial charge in [-0.2, -0.15) is 0 Å². The number of fused-ring (bicyclic) bond motifs is 1. The molecule has 2 unspecified atom stereocenters. The Morgan fingerprint density at radius 2 is 1.93 bits per heavy atom. The van der Waals surface area contributed by atoms with Gasteiger partial charge in [-0.1, -0.05) is 35.0 Å². The second-order valence-electron chi connectivity index (χ2n) is 4.11. The third-order valence-corrected chi connectivity index (χ3v) is 5.05. The second-order valence-corrected chi connectivity index (χ2v) is 7.03. The van der Waals surface area contributed by atoms with E-state index in [4.69, 9.17) is 0 Å². The first kappa shape index (κ1) is 10.6. The summed E-state index contributed by atoms with van der Waals surface area (Å²) >= 11 is 5.69. The fraction of sp³-hybridized carbons (Fsp3) is 0.500. The van der Waals surface area contributed by atoms with Crippen molar-refractivity contribution >= 4 is 27.7 Å². The van der Waals surface area contributed by atoms with Crippen LogP contribution in [0.15, 0.2) is 17.0 Å². The molecule has 0 nitrogen and oxygen atoms in total. The quantitative estimate of drug-likeness (QED) is 0.620. The third kappa shape index (κ3) is 1.74. The second kappa shape index (κ2) is 3.90. The van der Waals surface area contributed by atoms with E-state index in [9.17, 15) is 0 Å². The first-order valence-electron chi connectivity index (χ1n) is 5.00. The molecule has 2 heteroatoms. The van der Waals surface area contributed by atoms with E-state index >= 15 is 0 Å². The Morgan fingerprint density at radius 3 is 2.64 bits per heavy atom. The van der Waals surface area contributed by atoms with Crippen LogP contribution in [0.1, 0.15) is 36.0 Å². The van der Waals surface area contributed by atoms with E-state index in [1.807, 2.05) is 11.8 Å². The van der Waals surface area contributed by atoms with Crippen LogP contribution < -0.4 is 0 Å². The van der Waals surface area contributed by atoms with Gasteiger partial charge in [0.1, 0.15) is 0 Å². The zero-order valence-electron chi connectivity index (χ0n) is 8.80. The maximum Gasteiger partial charge on any atom is 0.0653 e. The lowest BCUT2D eigenvalue weighted by atomic mass is 9.92.